The van der Waals surface area contributed by atoms with Gasteiger partial charge in [0, 0.05) is 23.3 Å². The minimum Gasteiger partial charge on any atom is -0.337 e. The van der Waals surface area contributed by atoms with Gasteiger partial charge >= 0.3 is 0 Å². The molecule has 2 unspecified atom stereocenters. The molecule has 0 aromatic carbocycles. The Labute approximate surface area is 109 Å². The Morgan fingerprint density at radius 3 is 2.44 bits per heavy atom. The van der Waals surface area contributed by atoms with Gasteiger partial charge in [-0.25, -0.2) is 0 Å². The molecule has 1 fully saturated rings. The Hall–Kier alpha value is -1.32. The van der Waals surface area contributed by atoms with E-state index in [9.17, 15) is 4.79 Å². The first-order chi connectivity index (χ1) is 8.50. The van der Waals surface area contributed by atoms with Crippen molar-refractivity contribution < 1.29 is 4.79 Å². The number of hydrogen-bond donors (Lipinski definition) is 1. The van der Waals surface area contributed by atoms with Crippen LogP contribution in [0.2, 0.25) is 0 Å². The van der Waals surface area contributed by atoms with Crippen molar-refractivity contribution in [1.29, 1.82) is 0 Å². The molecule has 1 aromatic rings. The highest BCUT2D eigenvalue weighted by Crippen LogP contribution is 2.24. The molecule has 1 aliphatic heterocycles. The maximum atomic E-state index is 12.5. The van der Waals surface area contributed by atoms with E-state index in [4.69, 9.17) is 0 Å². The highest BCUT2D eigenvalue weighted by Gasteiger charge is 2.29. The van der Waals surface area contributed by atoms with Gasteiger partial charge in [0.1, 0.15) is 0 Å². The number of nitrogens with zero attached hydrogens (tertiary/aromatic N) is 2. The van der Waals surface area contributed by atoms with Gasteiger partial charge in [-0.15, -0.1) is 0 Å². The number of likely N-dealkylation sites (tertiary alicyclic amines) is 1. The summed E-state index contributed by atoms with van der Waals surface area (Å²) in [4.78, 5) is 14.5. The first-order valence-electron chi connectivity index (χ1n) is 6.82. The molecule has 1 aliphatic rings. The number of aryl methyl sites for hydroxylation is 2. The van der Waals surface area contributed by atoms with Gasteiger partial charge in [0.15, 0.2) is 0 Å². The van der Waals surface area contributed by atoms with Crippen molar-refractivity contribution in [2.45, 2.75) is 65.5 Å². The van der Waals surface area contributed by atoms with Crippen LogP contribution in [0.15, 0.2) is 0 Å². The lowest BCUT2D eigenvalue weighted by Crippen LogP contribution is -2.48. The van der Waals surface area contributed by atoms with E-state index in [1.54, 1.807) is 0 Å². The summed E-state index contributed by atoms with van der Waals surface area (Å²) in [5.74, 6) is 0.238. The molecule has 2 heterocycles. The molecule has 4 heteroatoms. The highest BCUT2D eigenvalue weighted by atomic mass is 16.2. The molecular weight excluding hydrogens is 226 g/mol. The average Bonchev–Trinajstić information content (AvgIpc) is 2.60. The molecule has 1 amide bonds. The van der Waals surface area contributed by atoms with Crippen LogP contribution in [0.25, 0.3) is 0 Å². The predicted octanol–water partition coefficient (Wildman–Crippen LogP) is 2.36. The third kappa shape index (κ3) is 2.42. The third-order valence-electron chi connectivity index (χ3n) is 4.09. The molecule has 1 N–H and O–H groups in total. The maximum absolute atomic E-state index is 12.5. The Kier molecular flexibility index (Phi) is 3.73. The van der Waals surface area contributed by atoms with Crippen molar-refractivity contribution >= 4 is 5.91 Å². The van der Waals surface area contributed by atoms with E-state index in [1.165, 1.54) is 6.42 Å². The standard InChI is InChI=1S/C14H23N3O/c1-9-6-5-7-10(2)17(9)14(18)8-13-11(3)15-16-12(13)4/h9-10H,5-8H2,1-4H3,(H,15,16). The number of carbonyl (C=O) groups excluding carboxylic acids is 1. The molecule has 2 atom stereocenters. The van der Waals surface area contributed by atoms with Crippen molar-refractivity contribution in [3.8, 4) is 0 Å². The number of amides is 1. The van der Waals surface area contributed by atoms with E-state index >= 15 is 0 Å². The minimum absolute atomic E-state index is 0.238. The van der Waals surface area contributed by atoms with Gasteiger partial charge in [-0.3, -0.25) is 9.89 Å². The first-order valence-corrected chi connectivity index (χ1v) is 6.82. The van der Waals surface area contributed by atoms with Crippen LogP contribution in [-0.4, -0.2) is 33.1 Å². The number of rotatable bonds is 2. The molecule has 18 heavy (non-hydrogen) atoms. The van der Waals surface area contributed by atoms with Crippen molar-refractivity contribution in [2.24, 2.45) is 0 Å². The summed E-state index contributed by atoms with van der Waals surface area (Å²) < 4.78 is 0. The van der Waals surface area contributed by atoms with Crippen LogP contribution in [0.4, 0.5) is 0 Å². The average molecular weight is 249 g/mol. The van der Waals surface area contributed by atoms with Crippen LogP contribution in [0, 0.1) is 13.8 Å². The fourth-order valence-electron chi connectivity index (χ4n) is 2.99. The zero-order valence-electron chi connectivity index (χ0n) is 11.8. The van der Waals surface area contributed by atoms with Crippen LogP contribution < -0.4 is 0 Å². The largest absolute Gasteiger partial charge is 0.337 e. The Morgan fingerprint density at radius 2 is 1.94 bits per heavy atom. The molecule has 0 spiro atoms. The second-order valence-electron chi connectivity index (χ2n) is 5.52. The second-order valence-corrected chi connectivity index (χ2v) is 5.52. The third-order valence-corrected chi connectivity index (χ3v) is 4.09. The van der Waals surface area contributed by atoms with Gasteiger partial charge in [-0.2, -0.15) is 5.10 Å². The van der Waals surface area contributed by atoms with Gasteiger partial charge in [0.2, 0.25) is 5.91 Å². The van der Waals surface area contributed by atoms with Crippen LogP contribution >= 0.6 is 0 Å². The van der Waals surface area contributed by atoms with Gasteiger partial charge < -0.3 is 4.90 Å². The monoisotopic (exact) mass is 249 g/mol. The number of carbonyl (C=O) groups is 1. The summed E-state index contributed by atoms with van der Waals surface area (Å²) in [7, 11) is 0. The molecule has 1 saturated heterocycles. The minimum atomic E-state index is 0.238. The lowest BCUT2D eigenvalue weighted by atomic mass is 9.96. The van der Waals surface area contributed by atoms with Crippen LogP contribution in [-0.2, 0) is 11.2 Å². The first kappa shape index (κ1) is 13.1. The zero-order chi connectivity index (χ0) is 13.3. The van der Waals surface area contributed by atoms with Crippen molar-refractivity contribution in [3.05, 3.63) is 17.0 Å². The molecule has 4 nitrogen and oxygen atoms in total. The SMILES string of the molecule is Cc1n[nH]c(C)c1CC(=O)N1C(C)CCCC1C. The molecule has 0 aliphatic carbocycles. The molecule has 2 rings (SSSR count). The number of hydrogen-bond acceptors (Lipinski definition) is 2. The van der Waals surface area contributed by atoms with Gasteiger partial charge in [0.25, 0.3) is 0 Å². The fourth-order valence-corrected chi connectivity index (χ4v) is 2.99. The maximum Gasteiger partial charge on any atom is 0.227 e. The van der Waals surface area contributed by atoms with E-state index in [-0.39, 0.29) is 5.91 Å². The molecule has 0 radical (unpaired) electrons. The number of aromatic amines is 1. The van der Waals surface area contributed by atoms with E-state index in [1.807, 2.05) is 13.8 Å². The lowest BCUT2D eigenvalue weighted by Gasteiger charge is -2.39. The van der Waals surface area contributed by atoms with Crippen LogP contribution in [0.3, 0.4) is 0 Å². The Balaban J connectivity index is 2.12. The Bertz CT molecular complexity index is 409. The lowest BCUT2D eigenvalue weighted by molar-refractivity contribution is -0.136. The fraction of sp³-hybridized carbons (Fsp3) is 0.714. The summed E-state index contributed by atoms with van der Waals surface area (Å²) in [6.07, 6.45) is 3.96. The predicted molar refractivity (Wildman–Crippen MR) is 71.4 cm³/mol. The summed E-state index contributed by atoms with van der Waals surface area (Å²) >= 11 is 0. The normalized spacial score (nSPS) is 24.3. The zero-order valence-corrected chi connectivity index (χ0v) is 11.8. The molecule has 0 bridgehead atoms. The number of piperidine rings is 1. The van der Waals surface area contributed by atoms with E-state index in [2.05, 4.69) is 28.9 Å². The van der Waals surface area contributed by atoms with Gasteiger partial charge in [0.05, 0.1) is 12.1 Å². The topological polar surface area (TPSA) is 49.0 Å². The molecule has 0 saturated carbocycles. The second kappa shape index (κ2) is 5.12. The van der Waals surface area contributed by atoms with Gasteiger partial charge in [-0.1, -0.05) is 0 Å². The van der Waals surface area contributed by atoms with Crippen molar-refractivity contribution in [1.82, 2.24) is 15.1 Å². The van der Waals surface area contributed by atoms with E-state index in [0.29, 0.717) is 18.5 Å². The summed E-state index contributed by atoms with van der Waals surface area (Å²) in [6, 6.07) is 0.738. The molecule has 1 aromatic heterocycles. The van der Waals surface area contributed by atoms with Crippen molar-refractivity contribution in [2.75, 3.05) is 0 Å². The number of H-pyrrole nitrogens is 1. The van der Waals surface area contributed by atoms with Crippen LogP contribution in [0.5, 0.6) is 0 Å². The quantitative estimate of drug-likeness (QED) is 0.874. The highest BCUT2D eigenvalue weighted by molar-refractivity contribution is 5.80. The van der Waals surface area contributed by atoms with Crippen molar-refractivity contribution in [3.63, 3.8) is 0 Å². The van der Waals surface area contributed by atoms with E-state index < -0.39 is 0 Å². The summed E-state index contributed by atoms with van der Waals surface area (Å²) in [5.41, 5.74) is 3.02. The number of aromatic nitrogens is 2. The van der Waals surface area contributed by atoms with Crippen LogP contribution in [0.1, 0.15) is 50.1 Å². The van der Waals surface area contributed by atoms with Gasteiger partial charge in [-0.05, 0) is 47.0 Å². The Morgan fingerprint density at radius 1 is 1.33 bits per heavy atom. The summed E-state index contributed by atoms with van der Waals surface area (Å²) in [6.45, 7) is 8.24. The smallest absolute Gasteiger partial charge is 0.227 e. The summed E-state index contributed by atoms with van der Waals surface area (Å²) in [5, 5.41) is 7.10. The molecular formula is C14H23N3O. The van der Waals surface area contributed by atoms with E-state index in [0.717, 1.165) is 29.8 Å². The molecule has 100 valence electrons. The number of nitrogens with one attached hydrogen (secondary N) is 1.